The lowest BCUT2D eigenvalue weighted by Gasteiger charge is -2.24. The maximum absolute atomic E-state index is 13.5. The topological polar surface area (TPSA) is 121 Å². The zero-order chi connectivity index (χ0) is 24.6. The summed E-state index contributed by atoms with van der Waals surface area (Å²) in [5.41, 5.74) is 2.58. The number of Topliss-reactive ketones (excluding diaryl/α,β-unsaturated/α-hetero) is 1. The van der Waals surface area contributed by atoms with Gasteiger partial charge in [-0.2, -0.15) is 0 Å². The van der Waals surface area contributed by atoms with Crippen LogP contribution in [0.25, 0.3) is 5.69 Å². The van der Waals surface area contributed by atoms with E-state index in [2.05, 4.69) is 5.32 Å². The van der Waals surface area contributed by atoms with Crippen LogP contribution in [0, 0.1) is 29.8 Å². The second kappa shape index (κ2) is 8.89. The maximum Gasteiger partial charge on any atom is 0.314 e. The number of fused-ring (bicyclic) bond motifs is 1. The number of nitro benzene ring substituents is 1. The maximum atomic E-state index is 13.5. The molecule has 34 heavy (non-hydrogen) atoms. The van der Waals surface area contributed by atoms with E-state index in [1.54, 1.807) is 36.6 Å². The molecule has 1 atom stereocenters. The van der Waals surface area contributed by atoms with Gasteiger partial charge in [-0.3, -0.25) is 24.5 Å². The van der Waals surface area contributed by atoms with E-state index in [9.17, 15) is 28.9 Å². The molecule has 0 radical (unpaired) electrons. The van der Waals surface area contributed by atoms with Gasteiger partial charge in [0.1, 0.15) is 5.82 Å². The van der Waals surface area contributed by atoms with Gasteiger partial charge in [-0.15, -0.1) is 0 Å². The molecule has 0 spiro atoms. The number of aryl methyl sites for hydroxylation is 1. The molecule has 0 aliphatic carbocycles. The molecule has 2 heterocycles. The Bertz CT molecular complexity index is 1350. The predicted octanol–water partition coefficient (Wildman–Crippen LogP) is 3.99. The summed E-state index contributed by atoms with van der Waals surface area (Å²) in [6.07, 6.45) is -0.174. The van der Waals surface area contributed by atoms with Crippen LogP contribution in [0.2, 0.25) is 0 Å². The molecular weight excluding hydrogens is 445 g/mol. The van der Waals surface area contributed by atoms with Crippen LogP contribution in [0.15, 0.2) is 48.5 Å². The number of ketones is 1. The molecule has 1 unspecified atom stereocenters. The highest BCUT2D eigenvalue weighted by Gasteiger charge is 2.32. The van der Waals surface area contributed by atoms with Crippen LogP contribution in [0.4, 0.5) is 15.8 Å². The summed E-state index contributed by atoms with van der Waals surface area (Å²) in [5, 5.41) is 13.6. The van der Waals surface area contributed by atoms with Gasteiger partial charge in [0.2, 0.25) is 11.7 Å². The van der Waals surface area contributed by atoms with Crippen molar-refractivity contribution in [2.24, 2.45) is 0 Å². The van der Waals surface area contributed by atoms with Crippen LogP contribution >= 0.6 is 0 Å². The SMILES string of the molecule is Cc1cc(C(=O)COC(=O)C2CC(=O)Nc3cc(F)ccc32)c(C)n1-c1cccc([N+](=O)[O-])c1. The number of anilines is 1. The number of amides is 1. The van der Waals surface area contributed by atoms with Crippen molar-refractivity contribution >= 4 is 29.0 Å². The van der Waals surface area contributed by atoms with E-state index in [1.807, 2.05) is 0 Å². The number of halogens is 1. The zero-order valence-electron chi connectivity index (χ0n) is 18.3. The van der Waals surface area contributed by atoms with Crippen molar-refractivity contribution in [1.82, 2.24) is 4.57 Å². The molecule has 1 aromatic heterocycles. The summed E-state index contributed by atoms with van der Waals surface area (Å²) >= 11 is 0. The number of aromatic nitrogens is 1. The third-order valence-electron chi connectivity index (χ3n) is 5.71. The van der Waals surface area contributed by atoms with Gasteiger partial charge < -0.3 is 14.6 Å². The lowest BCUT2D eigenvalue weighted by molar-refractivity contribution is -0.384. The molecule has 1 aliphatic rings. The first kappa shape index (κ1) is 22.8. The molecule has 3 aromatic rings. The molecule has 0 saturated heterocycles. The molecule has 1 amide bonds. The second-order valence-electron chi connectivity index (χ2n) is 7.96. The molecule has 1 N–H and O–H groups in total. The molecule has 0 saturated carbocycles. The van der Waals surface area contributed by atoms with Crippen LogP contribution < -0.4 is 5.32 Å². The molecule has 4 rings (SSSR count). The van der Waals surface area contributed by atoms with Gasteiger partial charge in [0, 0.05) is 41.2 Å². The van der Waals surface area contributed by atoms with E-state index in [1.165, 1.54) is 24.3 Å². The largest absolute Gasteiger partial charge is 0.457 e. The van der Waals surface area contributed by atoms with Gasteiger partial charge in [-0.25, -0.2) is 4.39 Å². The number of non-ortho nitro benzene ring substituents is 1. The van der Waals surface area contributed by atoms with Crippen LogP contribution in [-0.4, -0.2) is 33.8 Å². The standard InChI is InChI=1S/C24H20FN3O6/c1-13-8-19(14(2)27(13)16-4-3-5-17(10-16)28(32)33)22(29)12-34-24(31)20-11-23(30)26-21-9-15(25)6-7-18(20)21/h3-10,20H,11-12H2,1-2H3,(H,26,30). The molecule has 174 valence electrons. The molecule has 1 aliphatic heterocycles. The minimum Gasteiger partial charge on any atom is -0.457 e. The van der Waals surface area contributed by atoms with E-state index in [-0.39, 0.29) is 17.8 Å². The van der Waals surface area contributed by atoms with E-state index in [0.29, 0.717) is 28.2 Å². The van der Waals surface area contributed by atoms with Crippen molar-refractivity contribution in [3.63, 3.8) is 0 Å². The number of nitrogens with zero attached hydrogens (tertiary/aromatic N) is 2. The molecular formula is C24H20FN3O6. The van der Waals surface area contributed by atoms with Gasteiger partial charge in [-0.1, -0.05) is 12.1 Å². The van der Waals surface area contributed by atoms with Crippen molar-refractivity contribution < 1.29 is 28.4 Å². The number of carbonyl (C=O) groups excluding carboxylic acids is 3. The van der Waals surface area contributed by atoms with Crippen LogP contribution in [0.5, 0.6) is 0 Å². The summed E-state index contributed by atoms with van der Waals surface area (Å²) in [6.45, 7) is 2.90. The van der Waals surface area contributed by atoms with E-state index < -0.39 is 40.9 Å². The summed E-state index contributed by atoms with van der Waals surface area (Å²) < 4.78 is 20.4. The van der Waals surface area contributed by atoms with Crippen molar-refractivity contribution in [2.75, 3.05) is 11.9 Å². The van der Waals surface area contributed by atoms with Crippen LogP contribution in [0.3, 0.4) is 0 Å². The highest BCUT2D eigenvalue weighted by atomic mass is 19.1. The Labute approximate surface area is 193 Å². The minimum absolute atomic E-state index is 0.0801. The smallest absolute Gasteiger partial charge is 0.314 e. The average molecular weight is 465 g/mol. The zero-order valence-corrected chi connectivity index (χ0v) is 18.3. The van der Waals surface area contributed by atoms with E-state index in [0.717, 1.165) is 6.07 Å². The number of nitro groups is 1. The summed E-state index contributed by atoms with van der Waals surface area (Å²) in [7, 11) is 0. The number of nitrogens with one attached hydrogen (secondary N) is 1. The fourth-order valence-electron chi connectivity index (χ4n) is 4.15. The molecule has 0 fully saturated rings. The second-order valence-corrected chi connectivity index (χ2v) is 7.96. The first-order valence-corrected chi connectivity index (χ1v) is 10.4. The van der Waals surface area contributed by atoms with E-state index >= 15 is 0 Å². The lowest BCUT2D eigenvalue weighted by Crippen LogP contribution is -2.29. The summed E-state index contributed by atoms with van der Waals surface area (Å²) in [4.78, 5) is 48.1. The van der Waals surface area contributed by atoms with Crippen LogP contribution in [-0.2, 0) is 14.3 Å². The minimum atomic E-state index is -0.950. The summed E-state index contributed by atoms with van der Waals surface area (Å²) in [5.74, 6) is -3.18. The summed E-state index contributed by atoms with van der Waals surface area (Å²) in [6, 6.07) is 11.4. The number of rotatable bonds is 6. The van der Waals surface area contributed by atoms with Gasteiger partial charge in [0.05, 0.1) is 16.5 Å². The first-order valence-electron chi connectivity index (χ1n) is 10.4. The molecule has 0 bridgehead atoms. The average Bonchev–Trinajstić information content (AvgIpc) is 3.10. The van der Waals surface area contributed by atoms with Gasteiger partial charge in [0.25, 0.3) is 5.69 Å². The van der Waals surface area contributed by atoms with Crippen molar-refractivity contribution in [2.45, 2.75) is 26.2 Å². The van der Waals surface area contributed by atoms with Gasteiger partial charge in [0.15, 0.2) is 6.61 Å². The van der Waals surface area contributed by atoms with Crippen molar-refractivity contribution in [1.29, 1.82) is 0 Å². The lowest BCUT2D eigenvalue weighted by atomic mass is 9.90. The Morgan fingerprint density at radius 2 is 1.97 bits per heavy atom. The number of benzene rings is 2. The number of hydrogen-bond acceptors (Lipinski definition) is 6. The van der Waals surface area contributed by atoms with Gasteiger partial charge in [-0.05, 0) is 43.7 Å². The molecule has 10 heteroatoms. The monoisotopic (exact) mass is 465 g/mol. The number of carbonyl (C=O) groups is 3. The van der Waals surface area contributed by atoms with Crippen molar-refractivity contribution in [3.8, 4) is 5.69 Å². The number of ether oxygens (including phenoxy) is 1. The van der Waals surface area contributed by atoms with E-state index in [4.69, 9.17) is 4.74 Å². The van der Waals surface area contributed by atoms with Crippen molar-refractivity contribution in [3.05, 3.63) is 87.0 Å². The highest BCUT2D eigenvalue weighted by Crippen LogP contribution is 2.33. The Kier molecular flexibility index (Phi) is 5.97. The Balaban J connectivity index is 1.52. The normalized spacial score (nSPS) is 14.8. The Hall–Kier alpha value is -4.34. The fraction of sp³-hybridized carbons (Fsp3) is 0.208. The Morgan fingerprint density at radius 1 is 1.21 bits per heavy atom. The molecule has 9 nitrogen and oxygen atoms in total. The predicted molar refractivity (Wildman–Crippen MR) is 120 cm³/mol. The third-order valence-corrected chi connectivity index (χ3v) is 5.71. The quantitative estimate of drug-likeness (QED) is 0.254. The van der Waals surface area contributed by atoms with Gasteiger partial charge >= 0.3 is 5.97 Å². The van der Waals surface area contributed by atoms with Crippen LogP contribution in [0.1, 0.15) is 39.6 Å². The Morgan fingerprint density at radius 3 is 2.71 bits per heavy atom. The molecule has 2 aromatic carbocycles. The number of esters is 1. The third kappa shape index (κ3) is 4.29. The number of hydrogen-bond donors (Lipinski definition) is 1. The highest BCUT2D eigenvalue weighted by molar-refractivity contribution is 6.02. The first-order chi connectivity index (χ1) is 16.2. The fourth-order valence-corrected chi connectivity index (χ4v) is 4.15.